The standard InChI is InChI=1S/C20H22O2/c1-3-11-15-7(1)13-9-5-22-12-4-2-8-14-10(6-21-11)17(15)19(13)20(14)18(9)16(8)12/h5-8,11-20H,1-4H2/t7-,8-,11-,12-,13-,14-,15-,16+,17-,18+,19-,20+/m0/s1. The van der Waals surface area contributed by atoms with Crippen LogP contribution in [0.3, 0.4) is 0 Å². The Balaban J connectivity index is 1.45. The highest BCUT2D eigenvalue weighted by Gasteiger charge is 2.77. The molecule has 8 aliphatic rings. The maximum atomic E-state index is 6.30. The fourth-order valence-corrected chi connectivity index (χ4v) is 9.59. The molecule has 8 rings (SSSR count). The van der Waals surface area contributed by atoms with Gasteiger partial charge in [0.15, 0.2) is 0 Å². The van der Waals surface area contributed by atoms with Crippen LogP contribution in [-0.4, -0.2) is 12.2 Å². The molecule has 0 spiro atoms. The van der Waals surface area contributed by atoms with Gasteiger partial charge in [0, 0.05) is 11.8 Å². The largest absolute Gasteiger partial charge is 0.498 e. The van der Waals surface area contributed by atoms with E-state index in [1.165, 1.54) is 25.7 Å². The normalized spacial score (nSPS) is 69.5. The maximum Gasteiger partial charge on any atom is 0.101 e. The zero-order valence-electron chi connectivity index (χ0n) is 12.7. The number of ether oxygens (including phenoxy) is 2. The van der Waals surface area contributed by atoms with E-state index in [1.807, 2.05) is 0 Å². The summed E-state index contributed by atoms with van der Waals surface area (Å²) in [7, 11) is 0. The van der Waals surface area contributed by atoms with Gasteiger partial charge in [-0.05, 0) is 84.2 Å². The average molecular weight is 294 g/mol. The van der Waals surface area contributed by atoms with E-state index in [9.17, 15) is 0 Å². The number of fused-ring (bicyclic) bond motifs is 4. The Hall–Kier alpha value is -0.920. The van der Waals surface area contributed by atoms with E-state index in [1.54, 1.807) is 11.1 Å². The predicted octanol–water partition coefficient (Wildman–Crippen LogP) is 3.36. The van der Waals surface area contributed by atoms with Crippen LogP contribution in [0.1, 0.15) is 25.7 Å². The Kier molecular flexibility index (Phi) is 1.49. The molecule has 0 aromatic carbocycles. The molecule has 0 unspecified atom stereocenters. The second kappa shape index (κ2) is 3.03. The summed E-state index contributed by atoms with van der Waals surface area (Å²) < 4.78 is 12.6. The summed E-state index contributed by atoms with van der Waals surface area (Å²) in [6, 6.07) is 0. The molecule has 0 aromatic heterocycles. The molecule has 0 bridgehead atoms. The molecule has 2 heteroatoms. The van der Waals surface area contributed by atoms with Crippen molar-refractivity contribution in [1.82, 2.24) is 0 Å². The highest BCUT2D eigenvalue weighted by Crippen LogP contribution is 2.80. The molecule has 6 saturated carbocycles. The van der Waals surface area contributed by atoms with E-state index in [4.69, 9.17) is 9.47 Å². The third kappa shape index (κ3) is 0.823. The lowest BCUT2D eigenvalue weighted by molar-refractivity contribution is 0.0417. The Morgan fingerprint density at radius 2 is 1.09 bits per heavy atom. The van der Waals surface area contributed by atoms with Gasteiger partial charge in [-0.15, -0.1) is 0 Å². The number of hydrogen-bond donors (Lipinski definition) is 0. The second-order valence-electron chi connectivity index (χ2n) is 9.48. The monoisotopic (exact) mass is 294 g/mol. The third-order valence-electron chi connectivity index (χ3n) is 9.57. The molecule has 2 nitrogen and oxygen atoms in total. The van der Waals surface area contributed by atoms with Crippen molar-refractivity contribution in [2.75, 3.05) is 0 Å². The lowest BCUT2D eigenvalue weighted by Crippen LogP contribution is -2.34. The van der Waals surface area contributed by atoms with E-state index >= 15 is 0 Å². The van der Waals surface area contributed by atoms with E-state index in [0.717, 1.165) is 59.2 Å². The number of hydrogen-bond acceptors (Lipinski definition) is 2. The smallest absolute Gasteiger partial charge is 0.101 e. The summed E-state index contributed by atoms with van der Waals surface area (Å²) in [5, 5.41) is 0. The van der Waals surface area contributed by atoms with Gasteiger partial charge in [0.1, 0.15) is 12.2 Å². The topological polar surface area (TPSA) is 18.5 Å². The second-order valence-corrected chi connectivity index (χ2v) is 9.48. The molecule has 6 aliphatic carbocycles. The molecular weight excluding hydrogens is 272 g/mol. The van der Waals surface area contributed by atoms with Crippen molar-refractivity contribution in [2.45, 2.75) is 37.9 Å². The summed E-state index contributed by atoms with van der Waals surface area (Å²) in [6.45, 7) is 0. The predicted molar refractivity (Wildman–Crippen MR) is 79.3 cm³/mol. The van der Waals surface area contributed by atoms with Gasteiger partial charge in [0.2, 0.25) is 0 Å². The minimum absolute atomic E-state index is 0.554. The number of allylic oxidation sites excluding steroid dienone is 2. The fourth-order valence-electron chi connectivity index (χ4n) is 9.59. The third-order valence-corrected chi connectivity index (χ3v) is 9.57. The Morgan fingerprint density at radius 1 is 0.591 bits per heavy atom. The molecule has 0 saturated heterocycles. The van der Waals surface area contributed by atoms with Crippen LogP contribution >= 0.6 is 0 Å². The first-order chi connectivity index (χ1) is 10.9. The Morgan fingerprint density at radius 3 is 1.59 bits per heavy atom. The van der Waals surface area contributed by atoms with Gasteiger partial charge >= 0.3 is 0 Å². The van der Waals surface area contributed by atoms with Gasteiger partial charge in [-0.25, -0.2) is 0 Å². The Labute approximate surface area is 130 Å². The van der Waals surface area contributed by atoms with E-state index in [0.29, 0.717) is 12.2 Å². The molecule has 6 fully saturated rings. The minimum Gasteiger partial charge on any atom is -0.498 e. The molecule has 114 valence electrons. The summed E-state index contributed by atoms with van der Waals surface area (Å²) in [4.78, 5) is 0. The molecule has 2 heterocycles. The molecule has 0 N–H and O–H groups in total. The zero-order chi connectivity index (χ0) is 13.7. The van der Waals surface area contributed by atoms with Gasteiger partial charge in [-0.3, -0.25) is 0 Å². The summed E-state index contributed by atoms with van der Waals surface area (Å²) in [6.07, 6.45) is 11.1. The zero-order valence-corrected chi connectivity index (χ0v) is 12.7. The lowest BCUT2D eigenvalue weighted by atomic mass is 9.75. The summed E-state index contributed by atoms with van der Waals surface area (Å²) >= 11 is 0. The van der Waals surface area contributed by atoms with Gasteiger partial charge in [-0.2, -0.15) is 0 Å². The minimum atomic E-state index is 0.554. The maximum absolute atomic E-state index is 6.30. The highest BCUT2D eigenvalue weighted by atomic mass is 16.5. The molecular formula is C20H22O2. The van der Waals surface area contributed by atoms with Crippen LogP contribution in [-0.2, 0) is 9.47 Å². The van der Waals surface area contributed by atoms with Crippen LogP contribution < -0.4 is 0 Å². The summed E-state index contributed by atoms with van der Waals surface area (Å²) in [5.41, 5.74) is 3.56. The fraction of sp³-hybridized carbons (Fsp3) is 0.800. The van der Waals surface area contributed by atoms with Gasteiger partial charge < -0.3 is 9.47 Å². The SMILES string of the molecule is C1=C2[C@@H]3[C@@H]4CC[C@@H]5OC=C6[C@@H]7[C@@H]8CC[C@H](O1)[C@H]8[C@H]2[C@H]7[C@H]3[C@H]6[C@H]45. The van der Waals surface area contributed by atoms with Crippen LogP contribution in [0.25, 0.3) is 0 Å². The Bertz CT molecular complexity index is 619. The van der Waals surface area contributed by atoms with Crippen LogP contribution in [0.15, 0.2) is 23.7 Å². The first-order valence-corrected chi connectivity index (χ1v) is 9.64. The van der Waals surface area contributed by atoms with Crippen molar-refractivity contribution in [3.8, 4) is 0 Å². The van der Waals surface area contributed by atoms with E-state index in [-0.39, 0.29) is 0 Å². The highest BCUT2D eigenvalue weighted by molar-refractivity contribution is 5.43. The molecule has 0 radical (unpaired) electrons. The van der Waals surface area contributed by atoms with Gasteiger partial charge in [-0.1, -0.05) is 0 Å². The molecule has 0 amide bonds. The van der Waals surface area contributed by atoms with Crippen molar-refractivity contribution in [3.63, 3.8) is 0 Å². The molecule has 12 atom stereocenters. The first kappa shape index (κ1) is 10.8. The van der Waals surface area contributed by atoms with Crippen LogP contribution in [0, 0.1) is 59.2 Å². The van der Waals surface area contributed by atoms with Gasteiger partial charge in [0.05, 0.1) is 12.5 Å². The van der Waals surface area contributed by atoms with E-state index in [2.05, 4.69) is 12.5 Å². The van der Waals surface area contributed by atoms with Crippen molar-refractivity contribution in [1.29, 1.82) is 0 Å². The van der Waals surface area contributed by atoms with E-state index < -0.39 is 0 Å². The quantitative estimate of drug-likeness (QED) is 0.682. The first-order valence-electron chi connectivity index (χ1n) is 9.64. The molecule has 2 aliphatic heterocycles. The van der Waals surface area contributed by atoms with Crippen molar-refractivity contribution < 1.29 is 9.47 Å². The van der Waals surface area contributed by atoms with Crippen molar-refractivity contribution >= 4 is 0 Å². The van der Waals surface area contributed by atoms with Crippen molar-refractivity contribution in [2.24, 2.45) is 59.2 Å². The van der Waals surface area contributed by atoms with Crippen molar-refractivity contribution in [3.05, 3.63) is 23.7 Å². The summed E-state index contributed by atoms with van der Waals surface area (Å²) in [5.74, 6) is 9.04. The molecule has 0 aromatic rings. The van der Waals surface area contributed by atoms with Crippen LogP contribution in [0.5, 0.6) is 0 Å². The van der Waals surface area contributed by atoms with Crippen LogP contribution in [0.4, 0.5) is 0 Å². The average Bonchev–Trinajstić information content (AvgIpc) is 3.29. The lowest BCUT2D eigenvalue weighted by Gasteiger charge is -2.36. The van der Waals surface area contributed by atoms with Gasteiger partial charge in [0.25, 0.3) is 0 Å². The number of rotatable bonds is 0. The molecule has 22 heavy (non-hydrogen) atoms. The van der Waals surface area contributed by atoms with Crippen LogP contribution in [0.2, 0.25) is 0 Å².